The fourth-order valence-electron chi connectivity index (χ4n) is 3.58. The molecule has 0 saturated carbocycles. The summed E-state index contributed by atoms with van der Waals surface area (Å²) in [4.78, 5) is 27.0. The summed E-state index contributed by atoms with van der Waals surface area (Å²) in [6.07, 6.45) is 1.34. The van der Waals surface area contributed by atoms with Crippen molar-refractivity contribution in [3.63, 3.8) is 0 Å². The predicted octanol–water partition coefficient (Wildman–Crippen LogP) is 4.27. The lowest BCUT2D eigenvalue weighted by Crippen LogP contribution is -2.24. The molecule has 8 heteroatoms. The maximum atomic E-state index is 12.7. The van der Waals surface area contributed by atoms with Gasteiger partial charge in [0.1, 0.15) is 10.8 Å². The van der Waals surface area contributed by atoms with Crippen molar-refractivity contribution < 1.29 is 14.3 Å². The largest absolute Gasteiger partial charge is 0.493 e. The molecule has 1 atom stereocenters. The molecule has 1 N–H and O–H groups in total. The van der Waals surface area contributed by atoms with Crippen molar-refractivity contribution in [1.82, 2.24) is 10.2 Å². The number of anilines is 2. The summed E-state index contributed by atoms with van der Waals surface area (Å²) in [5.74, 6) is 0.253. The van der Waals surface area contributed by atoms with Gasteiger partial charge in [0, 0.05) is 24.6 Å². The molecule has 4 rings (SSSR count). The van der Waals surface area contributed by atoms with Gasteiger partial charge in [-0.15, -0.1) is 10.2 Å². The number of carbonyl (C=O) groups is 2. The van der Waals surface area contributed by atoms with Crippen molar-refractivity contribution in [1.29, 1.82) is 0 Å². The summed E-state index contributed by atoms with van der Waals surface area (Å²) in [6.45, 7) is 5.00. The molecule has 2 amide bonds. The van der Waals surface area contributed by atoms with Crippen LogP contribution in [-0.2, 0) is 11.2 Å². The lowest BCUT2D eigenvalue weighted by atomic mass is 10.1. The molecule has 3 aromatic rings. The number of ether oxygens (including phenoxy) is 1. The number of benzene rings is 2. The Labute approximate surface area is 185 Å². The van der Waals surface area contributed by atoms with E-state index in [2.05, 4.69) is 34.6 Å². The molecule has 2 aromatic carbocycles. The van der Waals surface area contributed by atoms with Gasteiger partial charge in [0.15, 0.2) is 0 Å². The number of aryl methyl sites for hydroxylation is 1. The first-order valence-electron chi connectivity index (χ1n) is 10.3. The molecular weight excluding hydrogens is 412 g/mol. The Kier molecular flexibility index (Phi) is 6.27. The van der Waals surface area contributed by atoms with E-state index in [1.54, 1.807) is 23.1 Å². The summed E-state index contributed by atoms with van der Waals surface area (Å²) in [5.41, 5.74) is 2.58. The number of hydrogen-bond donors (Lipinski definition) is 1. The minimum absolute atomic E-state index is 0.0442. The van der Waals surface area contributed by atoms with Crippen LogP contribution in [0.5, 0.6) is 5.75 Å². The molecule has 1 fully saturated rings. The molecule has 1 aliphatic rings. The Morgan fingerprint density at radius 1 is 1.16 bits per heavy atom. The van der Waals surface area contributed by atoms with Crippen molar-refractivity contribution in [2.45, 2.75) is 32.6 Å². The maximum absolute atomic E-state index is 12.7. The SMILES string of the molecule is CCOc1ccccc1C(=O)Nc1nnc([C@H]2CC(=O)N(c3ccc(CC)cc3)C2)s1. The molecule has 0 radical (unpaired) electrons. The second-order valence-electron chi connectivity index (χ2n) is 7.25. The van der Waals surface area contributed by atoms with Crippen LogP contribution in [0.25, 0.3) is 0 Å². The maximum Gasteiger partial charge on any atom is 0.261 e. The van der Waals surface area contributed by atoms with Crippen LogP contribution in [0.3, 0.4) is 0 Å². The lowest BCUT2D eigenvalue weighted by molar-refractivity contribution is -0.117. The van der Waals surface area contributed by atoms with Crippen LogP contribution in [0.4, 0.5) is 10.8 Å². The van der Waals surface area contributed by atoms with Gasteiger partial charge in [-0.2, -0.15) is 0 Å². The van der Waals surface area contributed by atoms with Crippen LogP contribution in [0.15, 0.2) is 48.5 Å². The second kappa shape index (κ2) is 9.26. The van der Waals surface area contributed by atoms with E-state index in [9.17, 15) is 9.59 Å². The average molecular weight is 437 g/mol. The first-order valence-corrected chi connectivity index (χ1v) is 11.2. The third-order valence-electron chi connectivity index (χ3n) is 5.22. The molecule has 1 saturated heterocycles. The van der Waals surface area contributed by atoms with E-state index in [4.69, 9.17) is 4.74 Å². The van der Waals surface area contributed by atoms with Crippen molar-refractivity contribution in [3.8, 4) is 5.75 Å². The lowest BCUT2D eigenvalue weighted by Gasteiger charge is -2.16. The highest BCUT2D eigenvalue weighted by atomic mass is 32.1. The molecule has 7 nitrogen and oxygen atoms in total. The van der Waals surface area contributed by atoms with Crippen LogP contribution in [-0.4, -0.2) is 35.2 Å². The predicted molar refractivity (Wildman–Crippen MR) is 121 cm³/mol. The summed E-state index contributed by atoms with van der Waals surface area (Å²) >= 11 is 1.30. The van der Waals surface area contributed by atoms with E-state index in [0.29, 0.717) is 36.0 Å². The number of nitrogens with zero attached hydrogens (tertiary/aromatic N) is 3. The zero-order valence-electron chi connectivity index (χ0n) is 17.5. The highest BCUT2D eigenvalue weighted by Crippen LogP contribution is 2.34. The van der Waals surface area contributed by atoms with Crippen LogP contribution >= 0.6 is 11.3 Å². The molecule has 31 heavy (non-hydrogen) atoms. The Bertz CT molecular complexity index is 1080. The average Bonchev–Trinajstić information content (AvgIpc) is 3.41. The zero-order valence-corrected chi connectivity index (χ0v) is 18.3. The third-order valence-corrected chi connectivity index (χ3v) is 6.22. The highest BCUT2D eigenvalue weighted by Gasteiger charge is 2.34. The van der Waals surface area contributed by atoms with Gasteiger partial charge in [0.25, 0.3) is 5.91 Å². The normalized spacial score (nSPS) is 15.9. The number of para-hydroxylation sites is 1. The molecule has 2 heterocycles. The Hall–Kier alpha value is -3.26. The van der Waals surface area contributed by atoms with Crippen LogP contribution < -0.4 is 15.0 Å². The van der Waals surface area contributed by atoms with E-state index in [-0.39, 0.29) is 17.7 Å². The fourth-order valence-corrected chi connectivity index (χ4v) is 4.41. The quantitative estimate of drug-likeness (QED) is 0.598. The molecular formula is C23H24N4O3S. The minimum Gasteiger partial charge on any atom is -0.493 e. The van der Waals surface area contributed by atoms with Gasteiger partial charge in [-0.05, 0) is 43.2 Å². The Morgan fingerprint density at radius 2 is 1.94 bits per heavy atom. The van der Waals surface area contributed by atoms with Gasteiger partial charge in [0.05, 0.1) is 12.2 Å². The van der Waals surface area contributed by atoms with Crippen molar-refractivity contribution >= 4 is 34.0 Å². The first-order chi connectivity index (χ1) is 15.1. The van der Waals surface area contributed by atoms with Gasteiger partial charge in [-0.1, -0.05) is 42.5 Å². The van der Waals surface area contributed by atoms with Gasteiger partial charge >= 0.3 is 0 Å². The van der Waals surface area contributed by atoms with Crippen molar-refractivity contribution in [3.05, 3.63) is 64.7 Å². The standard InChI is InChI=1S/C23H24N4O3S/c1-3-15-9-11-17(12-10-15)27-14-16(13-20(27)28)22-25-26-23(31-22)24-21(29)18-7-5-6-8-19(18)30-4-2/h5-12,16H,3-4,13-14H2,1-2H3,(H,24,26,29)/t16-/m0/s1. The van der Waals surface area contributed by atoms with Crippen LogP contribution in [0.1, 0.15) is 47.1 Å². The number of amides is 2. The zero-order chi connectivity index (χ0) is 21.8. The number of hydrogen-bond acceptors (Lipinski definition) is 6. The summed E-state index contributed by atoms with van der Waals surface area (Å²) in [5, 5.41) is 12.3. The van der Waals surface area contributed by atoms with E-state index < -0.39 is 0 Å². The molecule has 1 aromatic heterocycles. The molecule has 1 aliphatic heterocycles. The molecule has 0 bridgehead atoms. The summed E-state index contributed by atoms with van der Waals surface area (Å²) < 4.78 is 5.53. The number of rotatable bonds is 7. The van der Waals surface area contributed by atoms with E-state index in [1.807, 2.05) is 25.1 Å². The fraction of sp³-hybridized carbons (Fsp3) is 0.304. The summed E-state index contributed by atoms with van der Waals surface area (Å²) in [6, 6.07) is 15.2. The number of aromatic nitrogens is 2. The Balaban J connectivity index is 1.44. The van der Waals surface area contributed by atoms with Gasteiger partial charge in [0.2, 0.25) is 11.0 Å². The first kappa shape index (κ1) is 21.0. The van der Waals surface area contributed by atoms with Crippen molar-refractivity contribution in [2.75, 3.05) is 23.4 Å². The monoisotopic (exact) mass is 436 g/mol. The minimum atomic E-state index is -0.299. The molecule has 0 aliphatic carbocycles. The van der Waals surface area contributed by atoms with Crippen LogP contribution in [0.2, 0.25) is 0 Å². The Morgan fingerprint density at radius 3 is 2.68 bits per heavy atom. The molecule has 0 unspecified atom stereocenters. The van der Waals surface area contributed by atoms with E-state index in [0.717, 1.165) is 17.1 Å². The highest BCUT2D eigenvalue weighted by molar-refractivity contribution is 7.15. The van der Waals surface area contributed by atoms with Gasteiger partial charge in [-0.3, -0.25) is 14.9 Å². The molecule has 160 valence electrons. The van der Waals surface area contributed by atoms with E-state index >= 15 is 0 Å². The van der Waals surface area contributed by atoms with E-state index in [1.165, 1.54) is 16.9 Å². The van der Waals surface area contributed by atoms with Gasteiger partial charge in [-0.25, -0.2) is 0 Å². The summed E-state index contributed by atoms with van der Waals surface area (Å²) in [7, 11) is 0. The topological polar surface area (TPSA) is 84.4 Å². The van der Waals surface area contributed by atoms with Crippen LogP contribution in [0, 0.1) is 0 Å². The molecule has 0 spiro atoms. The van der Waals surface area contributed by atoms with Crippen molar-refractivity contribution in [2.24, 2.45) is 0 Å². The third kappa shape index (κ3) is 4.59. The number of nitrogens with one attached hydrogen (secondary N) is 1. The van der Waals surface area contributed by atoms with Gasteiger partial charge < -0.3 is 9.64 Å². The second-order valence-corrected chi connectivity index (χ2v) is 8.26. The smallest absolute Gasteiger partial charge is 0.261 e. The number of carbonyl (C=O) groups excluding carboxylic acids is 2.